The van der Waals surface area contributed by atoms with Crippen LogP contribution >= 0.6 is 0 Å². The highest BCUT2D eigenvalue weighted by molar-refractivity contribution is 5.97. The van der Waals surface area contributed by atoms with Crippen LogP contribution in [0.1, 0.15) is 81.1 Å². The first kappa shape index (κ1) is 36.4. The van der Waals surface area contributed by atoms with Gasteiger partial charge >= 0.3 is 5.97 Å². The summed E-state index contributed by atoms with van der Waals surface area (Å²) in [5.74, 6) is -2.41. The fourth-order valence-corrected chi connectivity index (χ4v) is 6.32. The molecule has 7 atom stereocenters. The van der Waals surface area contributed by atoms with E-state index in [1.807, 2.05) is 34.6 Å². The van der Waals surface area contributed by atoms with E-state index in [4.69, 9.17) is 4.74 Å². The number of amides is 3. The van der Waals surface area contributed by atoms with Gasteiger partial charge in [-0.05, 0) is 56.9 Å². The summed E-state index contributed by atoms with van der Waals surface area (Å²) < 4.78 is 5.57. The van der Waals surface area contributed by atoms with Crippen molar-refractivity contribution in [1.82, 2.24) is 20.0 Å². The third-order valence-corrected chi connectivity index (χ3v) is 8.61. The van der Waals surface area contributed by atoms with Crippen LogP contribution in [0.3, 0.4) is 0 Å². The Bertz CT molecular complexity index is 945. The van der Waals surface area contributed by atoms with Crippen molar-refractivity contribution in [1.29, 1.82) is 0 Å². The Balaban J connectivity index is 3.20. The fraction of sp³-hybridized carbons (Fsp3) is 0.806. The minimum Gasteiger partial charge on any atom is -0.481 e. The minimum atomic E-state index is -0.949. The number of carbonyl (C=O) groups excluding carboxylic acids is 3. The smallest absolute Gasteiger partial charge is 0.308 e. The van der Waals surface area contributed by atoms with Gasteiger partial charge in [0.25, 0.3) is 5.91 Å². The van der Waals surface area contributed by atoms with E-state index in [1.165, 1.54) is 7.11 Å². The first-order valence-corrected chi connectivity index (χ1v) is 15.0. The number of rotatable bonds is 15. The van der Waals surface area contributed by atoms with Gasteiger partial charge in [0.05, 0.1) is 18.1 Å². The second-order valence-corrected chi connectivity index (χ2v) is 12.6. The van der Waals surface area contributed by atoms with Crippen LogP contribution in [-0.4, -0.2) is 103 Å². The normalized spacial score (nSPS) is 19.5. The molecule has 1 rings (SSSR count). The third kappa shape index (κ3) is 9.18. The number of carboxylic acid groups (broad SMARTS) is 1. The number of ether oxygens (including phenoxy) is 1. The van der Waals surface area contributed by atoms with E-state index in [0.29, 0.717) is 18.7 Å². The first-order chi connectivity index (χ1) is 19.0. The van der Waals surface area contributed by atoms with Crippen LogP contribution in [0.15, 0.2) is 11.3 Å². The lowest BCUT2D eigenvalue weighted by Gasteiger charge is -2.40. The van der Waals surface area contributed by atoms with E-state index in [-0.39, 0.29) is 54.0 Å². The largest absolute Gasteiger partial charge is 0.481 e. The summed E-state index contributed by atoms with van der Waals surface area (Å²) in [6.07, 6.45) is 1.94. The highest BCUT2D eigenvalue weighted by atomic mass is 16.5. The summed E-state index contributed by atoms with van der Waals surface area (Å²) in [5, 5.41) is 12.5. The summed E-state index contributed by atoms with van der Waals surface area (Å²) in [6.45, 7) is 15.9. The molecule has 3 amide bonds. The minimum absolute atomic E-state index is 0.0540. The molecule has 10 nitrogen and oxygen atoms in total. The van der Waals surface area contributed by atoms with Crippen molar-refractivity contribution in [3.8, 4) is 0 Å². The van der Waals surface area contributed by atoms with Gasteiger partial charge in [-0.3, -0.25) is 19.2 Å². The number of carboxylic acids is 1. The zero-order valence-electron chi connectivity index (χ0n) is 27.5. The van der Waals surface area contributed by atoms with E-state index in [2.05, 4.69) is 19.2 Å². The van der Waals surface area contributed by atoms with Crippen molar-refractivity contribution < 1.29 is 29.0 Å². The SMILES string of the molecule is CC[C@H](C)[C@@H]([C@H](C)CC(=O)N1CCC[C@H]1[C@H](OC)[C@@H](C)C(=O)O)N(C)C(=O)[C@@H](NC(=O)C(=C(C)C)N(C)C)C(C)C. The molecule has 1 saturated heterocycles. The topological polar surface area (TPSA) is 119 Å². The van der Waals surface area contributed by atoms with Gasteiger partial charge in [-0.2, -0.15) is 0 Å². The predicted molar refractivity (Wildman–Crippen MR) is 161 cm³/mol. The van der Waals surface area contributed by atoms with Crippen LogP contribution < -0.4 is 5.32 Å². The number of hydrogen-bond donors (Lipinski definition) is 2. The molecule has 1 fully saturated rings. The number of hydrogen-bond acceptors (Lipinski definition) is 6. The van der Waals surface area contributed by atoms with E-state index < -0.39 is 24.0 Å². The average molecular weight is 581 g/mol. The summed E-state index contributed by atoms with van der Waals surface area (Å²) in [7, 11) is 6.87. The summed E-state index contributed by atoms with van der Waals surface area (Å²) in [5.41, 5.74) is 1.38. The van der Waals surface area contributed by atoms with Crippen LogP contribution in [0.2, 0.25) is 0 Å². The number of aliphatic carboxylic acids is 1. The van der Waals surface area contributed by atoms with Gasteiger partial charge in [0.15, 0.2) is 0 Å². The maximum Gasteiger partial charge on any atom is 0.308 e. The molecule has 0 aliphatic carbocycles. The van der Waals surface area contributed by atoms with Crippen LogP contribution in [0, 0.1) is 23.7 Å². The first-order valence-electron chi connectivity index (χ1n) is 15.0. The molecule has 1 heterocycles. The van der Waals surface area contributed by atoms with E-state index >= 15 is 0 Å². The molecule has 0 aromatic carbocycles. The van der Waals surface area contributed by atoms with Crippen molar-refractivity contribution in [2.75, 3.05) is 34.8 Å². The number of methoxy groups -OCH3 is 1. The van der Waals surface area contributed by atoms with Crippen molar-refractivity contribution in [2.24, 2.45) is 23.7 Å². The number of allylic oxidation sites excluding steroid dienone is 1. The van der Waals surface area contributed by atoms with E-state index in [9.17, 15) is 24.3 Å². The standard InChI is InChI=1S/C31H56N4O6/c1-13-20(6)27(34(11)30(38)25(18(2)3)32-29(37)26(19(4)5)33(9)10)21(7)17-24(36)35-16-14-15-23(35)28(41-12)22(8)31(39)40/h18,20-23,25,27-28H,13-17H2,1-12H3,(H,32,37)(H,39,40)/t20-,21+,22+,23-,25-,27-,28+/m0/s1. The number of likely N-dealkylation sites (tertiary alicyclic amines) is 1. The van der Waals surface area contributed by atoms with E-state index in [1.54, 1.807) is 42.8 Å². The summed E-state index contributed by atoms with van der Waals surface area (Å²) in [6, 6.07) is -1.25. The molecule has 1 aliphatic heterocycles. The molecule has 0 bridgehead atoms. The number of carbonyl (C=O) groups is 4. The predicted octanol–water partition coefficient (Wildman–Crippen LogP) is 3.61. The lowest BCUT2D eigenvalue weighted by Crippen LogP contribution is -2.56. The molecule has 10 heteroatoms. The molecule has 0 radical (unpaired) electrons. The van der Waals surface area contributed by atoms with Gasteiger partial charge in [0, 0.05) is 47.3 Å². The van der Waals surface area contributed by atoms with Gasteiger partial charge in [0.1, 0.15) is 11.7 Å². The highest BCUT2D eigenvalue weighted by Gasteiger charge is 2.41. The Morgan fingerprint density at radius 3 is 2.05 bits per heavy atom. The van der Waals surface area contributed by atoms with Gasteiger partial charge in [-0.25, -0.2) is 0 Å². The maximum atomic E-state index is 13.9. The molecule has 2 N–H and O–H groups in total. The fourth-order valence-electron chi connectivity index (χ4n) is 6.32. The molecule has 0 aromatic heterocycles. The zero-order chi connectivity index (χ0) is 31.8. The molecule has 0 spiro atoms. The maximum absolute atomic E-state index is 13.9. The van der Waals surface area contributed by atoms with Crippen LogP contribution in [-0.2, 0) is 23.9 Å². The number of nitrogens with one attached hydrogen (secondary N) is 1. The summed E-state index contributed by atoms with van der Waals surface area (Å²) in [4.78, 5) is 57.7. The van der Waals surface area contributed by atoms with Crippen molar-refractivity contribution in [3.05, 3.63) is 11.3 Å². The Hall–Kier alpha value is -2.62. The van der Waals surface area contributed by atoms with Crippen molar-refractivity contribution >= 4 is 23.7 Å². The highest BCUT2D eigenvalue weighted by Crippen LogP contribution is 2.30. The van der Waals surface area contributed by atoms with Gasteiger partial charge in [-0.15, -0.1) is 0 Å². The second kappa shape index (κ2) is 16.1. The Morgan fingerprint density at radius 1 is 1.02 bits per heavy atom. The average Bonchev–Trinajstić information content (AvgIpc) is 3.36. The van der Waals surface area contributed by atoms with Crippen molar-refractivity contribution in [3.63, 3.8) is 0 Å². The molecular formula is C31H56N4O6. The van der Waals surface area contributed by atoms with Crippen LogP contribution in [0.25, 0.3) is 0 Å². The molecule has 0 aromatic rings. The molecule has 236 valence electrons. The Kier molecular flexibility index (Phi) is 14.3. The molecule has 0 unspecified atom stereocenters. The Morgan fingerprint density at radius 2 is 1.61 bits per heavy atom. The van der Waals surface area contributed by atoms with E-state index in [0.717, 1.165) is 18.4 Å². The zero-order valence-corrected chi connectivity index (χ0v) is 27.5. The quantitative estimate of drug-likeness (QED) is 0.284. The number of nitrogens with zero attached hydrogens (tertiary/aromatic N) is 3. The molecule has 1 aliphatic rings. The Labute approximate surface area is 247 Å². The lowest BCUT2D eigenvalue weighted by molar-refractivity contribution is -0.151. The lowest BCUT2D eigenvalue weighted by atomic mass is 9.84. The van der Waals surface area contributed by atoms with Gasteiger partial charge in [-0.1, -0.05) is 41.0 Å². The van der Waals surface area contributed by atoms with Gasteiger partial charge in [0.2, 0.25) is 11.8 Å². The summed E-state index contributed by atoms with van der Waals surface area (Å²) >= 11 is 0. The molecule has 41 heavy (non-hydrogen) atoms. The second-order valence-electron chi connectivity index (χ2n) is 12.6. The van der Waals surface area contributed by atoms with Crippen LogP contribution in [0.4, 0.5) is 0 Å². The number of likely N-dealkylation sites (N-methyl/N-ethyl adjacent to an activating group) is 2. The monoisotopic (exact) mass is 580 g/mol. The third-order valence-electron chi connectivity index (χ3n) is 8.61. The molecule has 0 saturated carbocycles. The van der Waals surface area contributed by atoms with Gasteiger partial charge < -0.3 is 29.9 Å². The van der Waals surface area contributed by atoms with Crippen LogP contribution in [0.5, 0.6) is 0 Å². The van der Waals surface area contributed by atoms with Crippen molar-refractivity contribution in [2.45, 2.75) is 105 Å². The molecular weight excluding hydrogens is 524 g/mol.